The lowest BCUT2D eigenvalue weighted by molar-refractivity contribution is -0.117. The number of carbonyl (C=O) groups excluding carboxylic acids is 2. The Balaban J connectivity index is 1.43. The van der Waals surface area contributed by atoms with Crippen molar-refractivity contribution < 1.29 is 18.7 Å². The smallest absolute Gasteiger partial charge is 0.254 e. The number of rotatable bonds is 9. The first-order valence-corrected chi connectivity index (χ1v) is 12.9. The molecule has 8 heteroatoms. The van der Waals surface area contributed by atoms with Crippen molar-refractivity contribution in [1.29, 1.82) is 0 Å². The molecular formula is C32H30N4O4. The number of furan rings is 1. The zero-order valence-electron chi connectivity index (χ0n) is 22.6. The van der Waals surface area contributed by atoms with Crippen molar-refractivity contribution in [2.75, 3.05) is 19.0 Å². The quantitative estimate of drug-likeness (QED) is 0.249. The number of aryl methyl sites for hydroxylation is 2. The molecule has 202 valence electrons. The van der Waals surface area contributed by atoms with E-state index in [0.717, 1.165) is 28.1 Å². The van der Waals surface area contributed by atoms with Crippen molar-refractivity contribution in [2.45, 2.75) is 20.4 Å². The van der Waals surface area contributed by atoms with Gasteiger partial charge >= 0.3 is 0 Å². The summed E-state index contributed by atoms with van der Waals surface area (Å²) >= 11 is 0. The summed E-state index contributed by atoms with van der Waals surface area (Å²) in [5, 5.41) is 2.93. The highest BCUT2D eigenvalue weighted by Gasteiger charge is 2.22. The predicted molar refractivity (Wildman–Crippen MR) is 154 cm³/mol. The zero-order chi connectivity index (χ0) is 28.1. The first-order valence-electron chi connectivity index (χ1n) is 12.9. The summed E-state index contributed by atoms with van der Waals surface area (Å²) in [6.45, 7) is 3.93. The molecule has 3 aromatic carbocycles. The second-order valence-corrected chi connectivity index (χ2v) is 9.54. The number of hydrogen-bond acceptors (Lipinski definition) is 5. The molecule has 0 spiro atoms. The molecule has 0 fully saturated rings. The van der Waals surface area contributed by atoms with E-state index < -0.39 is 0 Å². The van der Waals surface area contributed by atoms with E-state index in [1.54, 1.807) is 37.6 Å². The lowest BCUT2D eigenvalue weighted by Gasteiger charge is -2.21. The number of nitrogens with one attached hydrogen (secondary N) is 1. The average molecular weight is 535 g/mol. The number of amides is 2. The standard InChI is InChI=1S/C32H30N4O4/c1-22-6-10-25(11-7-22)31(38)35(19-28-5-4-18-40-28)21-30(37)34-32-33-29(24-12-16-27(39-3)17-13-24)20-36(32)26-14-8-23(2)9-15-26/h4-18,20H,19,21H2,1-3H3,(H,33,34,37). The van der Waals surface area contributed by atoms with Gasteiger partial charge in [0.1, 0.15) is 18.1 Å². The van der Waals surface area contributed by atoms with Crippen molar-refractivity contribution in [3.05, 3.63) is 120 Å². The maximum Gasteiger partial charge on any atom is 0.254 e. The van der Waals surface area contributed by atoms with E-state index in [0.29, 0.717) is 23.0 Å². The molecule has 5 aromatic rings. The second kappa shape index (κ2) is 11.7. The van der Waals surface area contributed by atoms with E-state index in [2.05, 4.69) is 5.32 Å². The van der Waals surface area contributed by atoms with E-state index >= 15 is 0 Å². The fraction of sp³-hybridized carbons (Fsp3) is 0.156. The predicted octanol–water partition coefficient (Wildman–Crippen LogP) is 6.04. The van der Waals surface area contributed by atoms with Crippen LogP contribution < -0.4 is 10.1 Å². The molecular weight excluding hydrogens is 504 g/mol. The molecule has 8 nitrogen and oxygen atoms in total. The molecule has 2 aromatic heterocycles. The first-order chi connectivity index (χ1) is 19.4. The minimum Gasteiger partial charge on any atom is -0.497 e. The van der Waals surface area contributed by atoms with Crippen molar-refractivity contribution in [2.24, 2.45) is 0 Å². The fourth-order valence-corrected chi connectivity index (χ4v) is 4.28. The summed E-state index contributed by atoms with van der Waals surface area (Å²) in [6.07, 6.45) is 3.42. The number of anilines is 1. The van der Waals surface area contributed by atoms with Gasteiger partial charge in [-0.05, 0) is 74.5 Å². The van der Waals surface area contributed by atoms with Gasteiger partial charge in [0.2, 0.25) is 11.9 Å². The van der Waals surface area contributed by atoms with Crippen LogP contribution in [0, 0.1) is 13.8 Å². The summed E-state index contributed by atoms with van der Waals surface area (Å²) in [7, 11) is 1.62. The molecule has 0 aliphatic carbocycles. The van der Waals surface area contributed by atoms with E-state index in [1.165, 1.54) is 4.90 Å². The topological polar surface area (TPSA) is 89.6 Å². The maximum atomic E-state index is 13.4. The van der Waals surface area contributed by atoms with Crippen molar-refractivity contribution >= 4 is 17.8 Å². The van der Waals surface area contributed by atoms with Crippen LogP contribution in [0.25, 0.3) is 16.9 Å². The largest absolute Gasteiger partial charge is 0.497 e. The third kappa shape index (κ3) is 6.13. The monoisotopic (exact) mass is 534 g/mol. The highest BCUT2D eigenvalue weighted by atomic mass is 16.5. The third-order valence-corrected chi connectivity index (χ3v) is 6.50. The van der Waals surface area contributed by atoms with Gasteiger partial charge in [0.25, 0.3) is 5.91 Å². The number of ether oxygens (including phenoxy) is 1. The number of hydrogen-bond donors (Lipinski definition) is 1. The molecule has 2 heterocycles. The van der Waals surface area contributed by atoms with Gasteiger partial charge < -0.3 is 14.1 Å². The Labute approximate surface area is 232 Å². The second-order valence-electron chi connectivity index (χ2n) is 9.54. The minimum absolute atomic E-state index is 0.149. The van der Waals surface area contributed by atoms with E-state index in [-0.39, 0.29) is 24.9 Å². The van der Waals surface area contributed by atoms with Crippen molar-refractivity contribution in [1.82, 2.24) is 14.5 Å². The lowest BCUT2D eigenvalue weighted by atomic mass is 10.1. The molecule has 0 atom stereocenters. The van der Waals surface area contributed by atoms with Gasteiger partial charge in [-0.2, -0.15) is 0 Å². The van der Waals surface area contributed by atoms with Crippen LogP contribution in [0.3, 0.4) is 0 Å². The molecule has 2 amide bonds. The molecule has 0 aliphatic rings. The Morgan fingerprint density at radius 3 is 2.23 bits per heavy atom. The molecule has 0 unspecified atom stereocenters. The Hall–Kier alpha value is -5.11. The maximum absolute atomic E-state index is 13.4. The molecule has 0 saturated carbocycles. The zero-order valence-corrected chi connectivity index (χ0v) is 22.6. The minimum atomic E-state index is -0.382. The van der Waals surface area contributed by atoms with Crippen LogP contribution in [0.2, 0.25) is 0 Å². The van der Waals surface area contributed by atoms with Crippen LogP contribution in [0.5, 0.6) is 5.75 Å². The molecule has 0 radical (unpaired) electrons. The Morgan fingerprint density at radius 1 is 0.925 bits per heavy atom. The van der Waals surface area contributed by atoms with E-state index in [1.807, 2.05) is 85.3 Å². The number of nitrogens with zero attached hydrogens (tertiary/aromatic N) is 3. The summed E-state index contributed by atoms with van der Waals surface area (Å²) < 4.78 is 12.6. The Morgan fingerprint density at radius 2 is 1.60 bits per heavy atom. The summed E-state index contributed by atoms with van der Waals surface area (Å²) in [5.41, 5.74) is 5.05. The van der Waals surface area contributed by atoms with E-state index in [4.69, 9.17) is 14.1 Å². The number of aromatic nitrogens is 2. The normalized spacial score (nSPS) is 10.8. The van der Waals surface area contributed by atoms with Gasteiger partial charge in [-0.3, -0.25) is 19.5 Å². The van der Waals surface area contributed by atoms with Crippen LogP contribution >= 0.6 is 0 Å². The van der Waals surface area contributed by atoms with Gasteiger partial charge in [-0.1, -0.05) is 35.4 Å². The van der Waals surface area contributed by atoms with Crippen LogP contribution in [-0.2, 0) is 11.3 Å². The highest BCUT2D eigenvalue weighted by Crippen LogP contribution is 2.26. The van der Waals surface area contributed by atoms with Crippen LogP contribution in [0.4, 0.5) is 5.95 Å². The number of benzene rings is 3. The lowest BCUT2D eigenvalue weighted by Crippen LogP contribution is -2.37. The van der Waals surface area contributed by atoms with Crippen molar-refractivity contribution in [3.8, 4) is 22.7 Å². The SMILES string of the molecule is COc1ccc(-c2cn(-c3ccc(C)cc3)c(NC(=O)CN(Cc3ccco3)C(=O)c3ccc(C)cc3)n2)cc1. The average Bonchev–Trinajstić information content (AvgIpc) is 3.63. The van der Waals surface area contributed by atoms with Gasteiger partial charge in [-0.25, -0.2) is 4.98 Å². The van der Waals surface area contributed by atoms with Crippen LogP contribution in [0.1, 0.15) is 27.2 Å². The van der Waals surface area contributed by atoms with Gasteiger partial charge in [0.05, 0.1) is 25.6 Å². The van der Waals surface area contributed by atoms with Gasteiger partial charge in [0.15, 0.2) is 0 Å². The Kier molecular flexibility index (Phi) is 7.77. The summed E-state index contributed by atoms with van der Waals surface area (Å²) in [5.74, 6) is 1.02. The molecule has 1 N–H and O–H groups in total. The highest BCUT2D eigenvalue weighted by molar-refractivity contribution is 5.99. The van der Waals surface area contributed by atoms with Crippen molar-refractivity contribution in [3.63, 3.8) is 0 Å². The third-order valence-electron chi connectivity index (χ3n) is 6.50. The molecule has 0 bridgehead atoms. The molecule has 40 heavy (non-hydrogen) atoms. The Bertz CT molecular complexity index is 1590. The molecule has 0 saturated heterocycles. The van der Waals surface area contributed by atoms with Crippen LogP contribution in [-0.4, -0.2) is 39.9 Å². The fourth-order valence-electron chi connectivity index (χ4n) is 4.28. The molecule has 5 rings (SSSR count). The summed E-state index contributed by atoms with van der Waals surface area (Å²) in [4.78, 5) is 33.0. The van der Waals surface area contributed by atoms with Crippen LogP contribution in [0.15, 0.2) is 102 Å². The first kappa shape index (κ1) is 26.5. The number of imidazole rings is 1. The number of methoxy groups -OCH3 is 1. The van der Waals surface area contributed by atoms with Gasteiger partial charge in [-0.15, -0.1) is 0 Å². The molecule has 0 aliphatic heterocycles. The summed E-state index contributed by atoms with van der Waals surface area (Å²) in [6, 6.07) is 26.3. The number of carbonyl (C=O) groups is 2. The van der Waals surface area contributed by atoms with Gasteiger partial charge in [0, 0.05) is 23.0 Å². The van der Waals surface area contributed by atoms with E-state index in [9.17, 15) is 9.59 Å².